The molecule has 0 amide bonds. The topological polar surface area (TPSA) is 65.6 Å². The minimum atomic E-state index is -0.226. The third-order valence-corrected chi connectivity index (χ3v) is 2.62. The molecule has 6 nitrogen and oxygen atoms in total. The van der Waals surface area contributed by atoms with Gasteiger partial charge in [-0.05, 0) is 19.4 Å². The van der Waals surface area contributed by atoms with Crippen molar-refractivity contribution < 1.29 is 9.53 Å². The lowest BCUT2D eigenvalue weighted by molar-refractivity contribution is -0.143. The van der Waals surface area contributed by atoms with Crippen LogP contribution in [0.3, 0.4) is 0 Å². The fourth-order valence-corrected chi connectivity index (χ4v) is 1.76. The highest BCUT2D eigenvalue weighted by atomic mass is 16.5. The fourth-order valence-electron chi connectivity index (χ4n) is 1.76. The Balaban J connectivity index is 2.01. The van der Waals surface area contributed by atoms with Gasteiger partial charge in [0, 0.05) is 25.4 Å². The number of esters is 1. The molecule has 0 saturated carbocycles. The van der Waals surface area contributed by atoms with E-state index in [1.165, 1.54) is 4.52 Å². The average Bonchev–Trinajstić information content (AvgIpc) is 2.81. The molecule has 2 aromatic rings. The number of fused-ring (bicyclic) bond motifs is 1. The monoisotopic (exact) mass is 249 g/mol. The van der Waals surface area contributed by atoms with E-state index in [1.54, 1.807) is 36.1 Å². The molecule has 6 heteroatoms. The summed E-state index contributed by atoms with van der Waals surface area (Å²) in [4.78, 5) is 23.1. The highest BCUT2D eigenvalue weighted by Crippen LogP contribution is 1.98. The number of hydrogen-bond donors (Lipinski definition) is 0. The molecule has 0 fully saturated rings. The second kappa shape index (κ2) is 5.48. The molecule has 0 radical (unpaired) electrons. The minimum absolute atomic E-state index is 0.0983. The summed E-state index contributed by atoms with van der Waals surface area (Å²) in [5, 5.41) is 3.98. The first-order valence-corrected chi connectivity index (χ1v) is 5.91. The summed E-state index contributed by atoms with van der Waals surface area (Å²) >= 11 is 0. The Labute approximate surface area is 104 Å². The quantitative estimate of drug-likeness (QED) is 0.736. The third kappa shape index (κ3) is 2.58. The Morgan fingerprint density at radius 3 is 3.06 bits per heavy atom. The normalized spacial score (nSPS) is 10.7. The Bertz CT molecular complexity index is 600. The van der Waals surface area contributed by atoms with Gasteiger partial charge in [0.15, 0.2) is 0 Å². The van der Waals surface area contributed by atoms with E-state index in [4.69, 9.17) is 4.74 Å². The largest absolute Gasteiger partial charge is 0.466 e. The zero-order valence-electron chi connectivity index (χ0n) is 10.2. The van der Waals surface area contributed by atoms with Crippen molar-refractivity contribution in [3.05, 3.63) is 35.0 Å². The molecule has 0 unspecified atom stereocenters. The highest BCUT2D eigenvalue weighted by molar-refractivity contribution is 5.69. The van der Waals surface area contributed by atoms with Crippen molar-refractivity contribution in [3.63, 3.8) is 0 Å². The number of nitrogens with zero attached hydrogens (tertiary/aromatic N) is 3. The van der Waals surface area contributed by atoms with Crippen LogP contribution >= 0.6 is 0 Å². The maximum atomic E-state index is 12.0. The number of aryl methyl sites for hydroxylation is 1. The van der Waals surface area contributed by atoms with Crippen molar-refractivity contribution in [3.8, 4) is 0 Å². The second-order valence-electron chi connectivity index (χ2n) is 3.87. The number of rotatable bonds is 5. The van der Waals surface area contributed by atoms with E-state index >= 15 is 0 Å². The molecular formula is C12H15N3O3. The first-order chi connectivity index (χ1) is 8.72. The zero-order valence-corrected chi connectivity index (χ0v) is 10.2. The van der Waals surface area contributed by atoms with E-state index in [2.05, 4.69) is 5.10 Å². The highest BCUT2D eigenvalue weighted by Gasteiger charge is 2.05. The van der Waals surface area contributed by atoms with Gasteiger partial charge in [0.25, 0.3) is 5.56 Å². The molecule has 2 aromatic heterocycles. The summed E-state index contributed by atoms with van der Waals surface area (Å²) in [5.74, 6) is -0.226. The summed E-state index contributed by atoms with van der Waals surface area (Å²) in [6.07, 6.45) is 5.89. The van der Waals surface area contributed by atoms with E-state index in [0.717, 1.165) is 0 Å². The first kappa shape index (κ1) is 12.3. The number of ether oxygens (including phenoxy) is 1. The van der Waals surface area contributed by atoms with Crippen molar-refractivity contribution in [2.45, 2.75) is 26.3 Å². The summed E-state index contributed by atoms with van der Waals surface area (Å²) < 4.78 is 7.94. The SMILES string of the molecule is CCOC(=O)CCCn1ccn2nccc2c1=O. The molecule has 2 heterocycles. The second-order valence-corrected chi connectivity index (χ2v) is 3.87. The average molecular weight is 249 g/mol. The van der Waals surface area contributed by atoms with Crippen LogP contribution in [0.15, 0.2) is 29.5 Å². The number of carbonyl (C=O) groups excluding carboxylic acids is 1. The minimum Gasteiger partial charge on any atom is -0.466 e. The number of hydrogen-bond acceptors (Lipinski definition) is 4. The Kier molecular flexibility index (Phi) is 3.76. The van der Waals surface area contributed by atoms with Crippen LogP contribution in [0.25, 0.3) is 5.52 Å². The molecular weight excluding hydrogens is 234 g/mol. The van der Waals surface area contributed by atoms with Gasteiger partial charge in [-0.25, -0.2) is 4.52 Å². The van der Waals surface area contributed by atoms with Crippen molar-refractivity contribution in [2.75, 3.05) is 6.61 Å². The first-order valence-electron chi connectivity index (χ1n) is 5.91. The van der Waals surface area contributed by atoms with Gasteiger partial charge >= 0.3 is 5.97 Å². The molecule has 0 N–H and O–H groups in total. The zero-order chi connectivity index (χ0) is 13.0. The Morgan fingerprint density at radius 2 is 2.28 bits per heavy atom. The summed E-state index contributed by atoms with van der Waals surface area (Å²) in [6, 6.07) is 1.67. The lowest BCUT2D eigenvalue weighted by atomic mass is 10.3. The molecule has 0 aliphatic heterocycles. The van der Waals surface area contributed by atoms with Gasteiger partial charge in [-0.3, -0.25) is 9.59 Å². The smallest absolute Gasteiger partial charge is 0.305 e. The molecule has 0 saturated heterocycles. The maximum Gasteiger partial charge on any atom is 0.305 e. The third-order valence-electron chi connectivity index (χ3n) is 2.62. The van der Waals surface area contributed by atoms with Crippen molar-refractivity contribution in [1.82, 2.24) is 14.2 Å². The molecule has 0 spiro atoms. The summed E-state index contributed by atoms with van der Waals surface area (Å²) in [7, 11) is 0. The van der Waals surface area contributed by atoms with Crippen molar-refractivity contribution >= 4 is 11.5 Å². The van der Waals surface area contributed by atoms with E-state index < -0.39 is 0 Å². The van der Waals surface area contributed by atoms with E-state index in [1.807, 2.05) is 0 Å². The van der Waals surface area contributed by atoms with Crippen molar-refractivity contribution in [1.29, 1.82) is 0 Å². The van der Waals surface area contributed by atoms with Crippen LogP contribution in [0.4, 0.5) is 0 Å². The molecule has 2 rings (SSSR count). The van der Waals surface area contributed by atoms with E-state index in [0.29, 0.717) is 31.5 Å². The molecule has 18 heavy (non-hydrogen) atoms. The molecule has 0 aliphatic carbocycles. The van der Waals surface area contributed by atoms with Crippen LogP contribution in [0, 0.1) is 0 Å². The number of aromatic nitrogens is 3. The predicted octanol–water partition coefficient (Wildman–Crippen LogP) is 0.839. The van der Waals surface area contributed by atoms with Gasteiger partial charge in [-0.1, -0.05) is 0 Å². The van der Waals surface area contributed by atoms with Crippen LogP contribution in [0.2, 0.25) is 0 Å². The molecule has 0 aliphatic rings. The lowest BCUT2D eigenvalue weighted by Crippen LogP contribution is -2.21. The Hall–Kier alpha value is -2.11. The lowest BCUT2D eigenvalue weighted by Gasteiger charge is -2.05. The molecule has 0 aromatic carbocycles. The maximum absolute atomic E-state index is 12.0. The van der Waals surface area contributed by atoms with Crippen LogP contribution in [-0.2, 0) is 16.1 Å². The fraction of sp³-hybridized carbons (Fsp3) is 0.417. The standard InChI is InChI=1S/C12H15N3O3/c1-2-18-11(16)4-3-7-14-8-9-15-10(12(14)17)5-6-13-15/h5-6,8-9H,2-4,7H2,1H3. The van der Waals surface area contributed by atoms with Gasteiger partial charge < -0.3 is 9.30 Å². The van der Waals surface area contributed by atoms with Gasteiger partial charge in [0.1, 0.15) is 5.52 Å². The molecule has 96 valence electrons. The van der Waals surface area contributed by atoms with Gasteiger partial charge in [0.05, 0.1) is 12.8 Å². The molecule has 0 bridgehead atoms. The van der Waals surface area contributed by atoms with Gasteiger partial charge in [-0.15, -0.1) is 0 Å². The predicted molar refractivity (Wildman–Crippen MR) is 65.3 cm³/mol. The van der Waals surface area contributed by atoms with Crippen molar-refractivity contribution in [2.24, 2.45) is 0 Å². The number of carbonyl (C=O) groups is 1. The van der Waals surface area contributed by atoms with Crippen LogP contribution < -0.4 is 5.56 Å². The summed E-state index contributed by atoms with van der Waals surface area (Å²) in [5.41, 5.74) is 0.437. The summed E-state index contributed by atoms with van der Waals surface area (Å²) in [6.45, 7) is 2.66. The van der Waals surface area contributed by atoms with E-state index in [-0.39, 0.29) is 11.5 Å². The van der Waals surface area contributed by atoms with Gasteiger partial charge in [0.2, 0.25) is 0 Å². The van der Waals surface area contributed by atoms with Crippen LogP contribution in [0.5, 0.6) is 0 Å². The van der Waals surface area contributed by atoms with Gasteiger partial charge in [-0.2, -0.15) is 5.10 Å². The van der Waals surface area contributed by atoms with Crippen LogP contribution in [-0.4, -0.2) is 26.8 Å². The van der Waals surface area contributed by atoms with Crippen LogP contribution in [0.1, 0.15) is 19.8 Å². The Morgan fingerprint density at radius 1 is 1.44 bits per heavy atom. The van der Waals surface area contributed by atoms with E-state index in [9.17, 15) is 9.59 Å². The molecule has 0 atom stereocenters.